The summed E-state index contributed by atoms with van der Waals surface area (Å²) in [7, 11) is -2.62. The zero-order valence-electron chi connectivity index (χ0n) is 15.8. The molecule has 0 aliphatic heterocycles. The lowest BCUT2D eigenvalue weighted by atomic mass is 9.73. The summed E-state index contributed by atoms with van der Waals surface area (Å²) in [6, 6.07) is 0. The summed E-state index contributed by atoms with van der Waals surface area (Å²) in [4.78, 5) is 12.2. The average Bonchev–Trinajstić information content (AvgIpc) is 2.41. The van der Waals surface area contributed by atoms with Crippen molar-refractivity contribution in [2.45, 2.75) is 71.6 Å². The summed E-state index contributed by atoms with van der Waals surface area (Å²) < 4.78 is 36.8. The molecule has 0 saturated carbocycles. The van der Waals surface area contributed by atoms with Crippen LogP contribution in [0.25, 0.3) is 0 Å². The smallest absolute Gasteiger partial charge is 0.307 e. The molecule has 23 heavy (non-hydrogen) atoms. The van der Waals surface area contributed by atoms with Crippen molar-refractivity contribution in [2.24, 2.45) is 5.41 Å². The molecule has 8 heteroatoms. The number of rotatable bonds is 8. The molecule has 138 valence electrons. The van der Waals surface area contributed by atoms with E-state index in [2.05, 4.69) is 4.72 Å². The summed E-state index contributed by atoms with van der Waals surface area (Å²) in [6.45, 7) is 13.6. The zero-order chi connectivity index (χ0) is 18.7. The van der Waals surface area contributed by atoms with Gasteiger partial charge in [0.1, 0.15) is 0 Å². The van der Waals surface area contributed by atoms with E-state index in [1.807, 2.05) is 48.5 Å². The topological polar surface area (TPSA) is 81.7 Å². The van der Waals surface area contributed by atoms with Gasteiger partial charge >= 0.3 is 7.60 Å². The van der Waals surface area contributed by atoms with Crippen molar-refractivity contribution in [3.63, 3.8) is 0 Å². The molecule has 1 N–H and O–H groups in total. The summed E-state index contributed by atoms with van der Waals surface area (Å²) in [5, 5.41) is 0. The van der Waals surface area contributed by atoms with Gasteiger partial charge in [-0.1, -0.05) is 20.8 Å². The molecule has 0 rings (SSSR count). The fraction of sp³-hybridized carbons (Fsp3) is 0.933. The molecule has 0 spiro atoms. The Morgan fingerprint density at radius 3 is 1.78 bits per heavy atom. The van der Waals surface area contributed by atoms with Gasteiger partial charge in [-0.3, -0.25) is 9.36 Å². The van der Waals surface area contributed by atoms with Crippen LogP contribution in [0.1, 0.15) is 61.3 Å². The third kappa shape index (κ3) is 6.05. The molecule has 0 radical (unpaired) electrons. The van der Waals surface area contributed by atoms with Crippen molar-refractivity contribution >= 4 is 24.1 Å². The second-order valence-corrected chi connectivity index (χ2v) is 12.0. The molecule has 0 fully saturated rings. The summed E-state index contributed by atoms with van der Waals surface area (Å²) in [5.41, 5.74) is -1.42. The lowest BCUT2D eigenvalue weighted by molar-refractivity contribution is -0.114. The van der Waals surface area contributed by atoms with E-state index < -0.39 is 34.4 Å². The maximum atomic E-state index is 12.5. The van der Waals surface area contributed by atoms with Gasteiger partial charge in [0.05, 0.1) is 15.7 Å². The number of nitrogens with one attached hydrogen (secondary N) is 1. The van der Waals surface area contributed by atoms with Crippen molar-refractivity contribution in [3.05, 3.63) is 0 Å². The second kappa shape index (κ2) is 7.87. The quantitative estimate of drug-likeness (QED) is 0.661. The van der Waals surface area contributed by atoms with Gasteiger partial charge in [-0.2, -0.15) is 0 Å². The molecule has 0 bridgehead atoms. The molecule has 1 unspecified atom stereocenters. The van der Waals surface area contributed by atoms with Gasteiger partial charge in [0.15, 0.2) is 0 Å². The van der Waals surface area contributed by atoms with E-state index in [9.17, 15) is 13.6 Å². The van der Waals surface area contributed by atoms with Crippen molar-refractivity contribution in [2.75, 3.05) is 14.2 Å². The Balaban J connectivity index is 5.28. The van der Waals surface area contributed by atoms with Crippen molar-refractivity contribution in [1.29, 1.82) is 0 Å². The third-order valence-electron chi connectivity index (χ3n) is 4.15. The van der Waals surface area contributed by atoms with Crippen LogP contribution in [0, 0.1) is 5.41 Å². The molecule has 2 atom stereocenters. The first-order valence-corrected chi connectivity index (χ1v) is 10.3. The molecule has 0 saturated heterocycles. The predicted molar refractivity (Wildman–Crippen MR) is 94.8 cm³/mol. The standard InChI is InChI=1S/C15H32NO5PS/c1-13(2,3)15(7,16-23(19)14(4,5)6)11-10-12(17)22(18,20-8)21-9/h16H,10-11H2,1-9H3/t15-,23?/m0/s1. The van der Waals surface area contributed by atoms with E-state index in [4.69, 9.17) is 9.05 Å². The minimum Gasteiger partial charge on any atom is -0.307 e. The highest BCUT2D eigenvalue weighted by molar-refractivity contribution is 7.84. The van der Waals surface area contributed by atoms with Crippen LogP contribution in [0.5, 0.6) is 0 Å². The largest absolute Gasteiger partial charge is 0.396 e. The lowest BCUT2D eigenvalue weighted by Crippen LogP contribution is -2.56. The SMILES string of the molecule is COP(=O)(OC)C(=O)CC[C@](C)(NS(=O)C(C)(C)C)C(C)(C)C. The van der Waals surface area contributed by atoms with E-state index in [1.54, 1.807) is 0 Å². The first kappa shape index (κ1) is 22.9. The van der Waals surface area contributed by atoms with E-state index in [0.29, 0.717) is 6.42 Å². The molecule has 0 aromatic carbocycles. The first-order valence-electron chi connectivity index (χ1n) is 7.57. The van der Waals surface area contributed by atoms with E-state index in [0.717, 1.165) is 0 Å². The van der Waals surface area contributed by atoms with Gasteiger partial charge in [0.2, 0.25) is 5.52 Å². The highest BCUT2D eigenvalue weighted by Crippen LogP contribution is 2.49. The van der Waals surface area contributed by atoms with Crippen molar-refractivity contribution in [3.8, 4) is 0 Å². The van der Waals surface area contributed by atoms with Crippen LogP contribution in [-0.4, -0.2) is 34.2 Å². The van der Waals surface area contributed by atoms with Gasteiger partial charge in [-0.25, -0.2) is 8.93 Å². The Hall–Kier alpha value is -0.0700. The minimum atomic E-state index is -3.72. The maximum absolute atomic E-state index is 12.5. The summed E-state index contributed by atoms with van der Waals surface area (Å²) in [5.74, 6) is 0. The van der Waals surface area contributed by atoms with E-state index in [1.165, 1.54) is 14.2 Å². The third-order valence-corrected chi connectivity index (χ3v) is 7.70. The Morgan fingerprint density at radius 1 is 1.04 bits per heavy atom. The Bertz CT molecular complexity index is 487. The van der Waals surface area contributed by atoms with Gasteiger partial charge < -0.3 is 9.05 Å². The number of hydrogen-bond acceptors (Lipinski definition) is 5. The van der Waals surface area contributed by atoms with Crippen LogP contribution in [0.15, 0.2) is 0 Å². The Kier molecular flexibility index (Phi) is 7.85. The first-order chi connectivity index (χ1) is 10.1. The van der Waals surface area contributed by atoms with Gasteiger partial charge in [-0.15, -0.1) is 0 Å². The van der Waals surface area contributed by atoms with Crippen LogP contribution in [0.2, 0.25) is 0 Å². The molecule has 0 aliphatic carbocycles. The molecule has 0 heterocycles. The van der Waals surface area contributed by atoms with E-state index in [-0.39, 0.29) is 11.8 Å². The molecule has 6 nitrogen and oxygen atoms in total. The van der Waals surface area contributed by atoms with Crippen LogP contribution in [0.4, 0.5) is 0 Å². The fourth-order valence-corrected chi connectivity index (χ4v) is 3.77. The summed E-state index contributed by atoms with van der Waals surface area (Å²) >= 11 is 0. The normalized spacial score (nSPS) is 17.6. The monoisotopic (exact) mass is 369 g/mol. The lowest BCUT2D eigenvalue weighted by Gasteiger charge is -2.43. The zero-order valence-corrected chi connectivity index (χ0v) is 17.5. The fourth-order valence-electron chi connectivity index (χ4n) is 1.71. The van der Waals surface area contributed by atoms with Crippen molar-refractivity contribution < 1.29 is 22.6 Å². The molecule has 0 amide bonds. The molecule has 0 aromatic rings. The van der Waals surface area contributed by atoms with Crippen LogP contribution in [-0.2, 0) is 29.4 Å². The average molecular weight is 369 g/mol. The minimum absolute atomic E-state index is 0.0150. The number of hydrogen-bond donors (Lipinski definition) is 1. The number of carbonyl (C=O) groups is 1. The molecule has 0 aromatic heterocycles. The summed E-state index contributed by atoms with van der Waals surface area (Å²) in [6.07, 6.45) is 0.384. The molecular weight excluding hydrogens is 337 g/mol. The van der Waals surface area contributed by atoms with Crippen LogP contribution < -0.4 is 4.72 Å². The Labute approximate surface area is 143 Å². The maximum Gasteiger partial charge on any atom is 0.396 e. The highest BCUT2D eigenvalue weighted by Gasteiger charge is 2.42. The number of carbonyl (C=O) groups excluding carboxylic acids is 1. The van der Waals surface area contributed by atoms with Crippen LogP contribution in [0.3, 0.4) is 0 Å². The Morgan fingerprint density at radius 2 is 1.48 bits per heavy atom. The predicted octanol–water partition coefficient (Wildman–Crippen LogP) is 3.64. The van der Waals surface area contributed by atoms with Gasteiger partial charge in [0, 0.05) is 26.2 Å². The van der Waals surface area contributed by atoms with Gasteiger partial charge in [0.25, 0.3) is 0 Å². The van der Waals surface area contributed by atoms with Crippen molar-refractivity contribution in [1.82, 2.24) is 4.72 Å². The van der Waals surface area contributed by atoms with Crippen LogP contribution >= 0.6 is 7.60 Å². The van der Waals surface area contributed by atoms with Gasteiger partial charge in [-0.05, 0) is 39.5 Å². The second-order valence-electron chi connectivity index (χ2n) is 7.82. The molecule has 0 aliphatic rings. The highest BCUT2D eigenvalue weighted by atomic mass is 32.2. The van der Waals surface area contributed by atoms with E-state index >= 15 is 0 Å². The molecular formula is C15H32NO5PS.